The number of amides is 3. The molecule has 0 spiro atoms. The minimum absolute atomic E-state index is 0.159. The predicted molar refractivity (Wildman–Crippen MR) is 62.7 cm³/mol. The summed E-state index contributed by atoms with van der Waals surface area (Å²) in [6.45, 7) is 0. The van der Waals surface area contributed by atoms with Gasteiger partial charge in [-0.1, -0.05) is 29.5 Å². The van der Waals surface area contributed by atoms with E-state index >= 15 is 0 Å². The largest absolute Gasteiger partial charge is 0.351 e. The Bertz CT molecular complexity index is 527. The lowest BCUT2D eigenvalue weighted by atomic mass is 10.2. The van der Waals surface area contributed by atoms with Gasteiger partial charge in [0.05, 0.1) is 0 Å². The lowest BCUT2D eigenvalue weighted by molar-refractivity contribution is 0.0995. The Kier molecular flexibility index (Phi) is 3.10. The van der Waals surface area contributed by atoms with Crippen LogP contribution in [0.25, 0.3) is 0 Å². The number of anilines is 1. The van der Waals surface area contributed by atoms with Gasteiger partial charge in [0, 0.05) is 5.56 Å². The molecule has 0 saturated heterocycles. The monoisotopic (exact) mass is 248 g/mol. The van der Waals surface area contributed by atoms with Gasteiger partial charge in [0.25, 0.3) is 5.91 Å². The fourth-order valence-electron chi connectivity index (χ4n) is 1.26. The van der Waals surface area contributed by atoms with Crippen molar-refractivity contribution in [2.24, 2.45) is 5.73 Å². The first-order chi connectivity index (χ1) is 8.20. The molecular formula is C10H8N4O2S. The molecule has 0 atom stereocenters. The smallest absolute Gasteiger partial charge is 0.328 e. The molecule has 2 aromatic rings. The molecular weight excluding hydrogens is 240 g/mol. The molecule has 2 N–H and O–H groups in total. The first-order valence-electron chi connectivity index (χ1n) is 4.65. The Morgan fingerprint density at radius 3 is 2.47 bits per heavy atom. The Hall–Kier alpha value is -2.28. The number of imide groups is 1. The maximum atomic E-state index is 12.0. The molecule has 0 aliphatic heterocycles. The van der Waals surface area contributed by atoms with E-state index in [1.54, 1.807) is 30.3 Å². The van der Waals surface area contributed by atoms with Crippen LogP contribution in [-0.4, -0.2) is 22.1 Å². The van der Waals surface area contributed by atoms with Crippen molar-refractivity contribution in [1.29, 1.82) is 0 Å². The van der Waals surface area contributed by atoms with E-state index < -0.39 is 11.9 Å². The highest BCUT2D eigenvalue weighted by Crippen LogP contribution is 2.18. The number of primary amides is 1. The van der Waals surface area contributed by atoms with Crippen molar-refractivity contribution >= 4 is 28.4 Å². The third-order valence-corrected chi connectivity index (χ3v) is 2.66. The summed E-state index contributed by atoms with van der Waals surface area (Å²) in [6, 6.07) is 7.49. The molecule has 3 amide bonds. The maximum absolute atomic E-state index is 12.0. The maximum Gasteiger partial charge on any atom is 0.328 e. The second kappa shape index (κ2) is 4.71. The number of nitrogens with two attached hydrogens (primary N) is 1. The second-order valence-corrected chi connectivity index (χ2v) is 3.88. The quantitative estimate of drug-likeness (QED) is 0.866. The second-order valence-electron chi connectivity index (χ2n) is 3.07. The lowest BCUT2D eigenvalue weighted by Gasteiger charge is -2.14. The third-order valence-electron chi connectivity index (χ3n) is 1.98. The molecule has 0 bridgehead atoms. The molecule has 0 aliphatic rings. The summed E-state index contributed by atoms with van der Waals surface area (Å²) in [5.41, 5.74) is 6.95. The molecule has 86 valence electrons. The Labute approximate surface area is 101 Å². The molecule has 17 heavy (non-hydrogen) atoms. The summed E-state index contributed by atoms with van der Waals surface area (Å²) in [6.07, 6.45) is 0. The van der Waals surface area contributed by atoms with Crippen LogP contribution in [0.3, 0.4) is 0 Å². The van der Waals surface area contributed by atoms with Crippen molar-refractivity contribution in [1.82, 2.24) is 10.2 Å². The molecule has 6 nitrogen and oxygen atoms in total. The minimum atomic E-state index is -0.879. The minimum Gasteiger partial charge on any atom is -0.351 e. The van der Waals surface area contributed by atoms with Crippen molar-refractivity contribution in [3.63, 3.8) is 0 Å². The van der Waals surface area contributed by atoms with E-state index in [0.717, 1.165) is 16.2 Å². The van der Waals surface area contributed by atoms with Crippen LogP contribution in [0.1, 0.15) is 10.4 Å². The highest BCUT2D eigenvalue weighted by Gasteiger charge is 2.24. The van der Waals surface area contributed by atoms with E-state index in [2.05, 4.69) is 10.2 Å². The molecule has 1 aromatic carbocycles. The van der Waals surface area contributed by atoms with Crippen molar-refractivity contribution in [3.8, 4) is 0 Å². The fraction of sp³-hybridized carbons (Fsp3) is 0. The SMILES string of the molecule is NC(=O)N(C(=O)c1ccccc1)c1nncs1. The van der Waals surface area contributed by atoms with Crippen LogP contribution in [0.5, 0.6) is 0 Å². The predicted octanol–water partition coefficient (Wildman–Crippen LogP) is 1.26. The number of nitrogens with zero attached hydrogens (tertiary/aromatic N) is 3. The van der Waals surface area contributed by atoms with Crippen LogP contribution >= 0.6 is 11.3 Å². The molecule has 0 aliphatic carbocycles. The number of hydrogen-bond acceptors (Lipinski definition) is 5. The van der Waals surface area contributed by atoms with Crippen LogP contribution in [0.4, 0.5) is 9.93 Å². The van der Waals surface area contributed by atoms with Gasteiger partial charge in [-0.05, 0) is 12.1 Å². The van der Waals surface area contributed by atoms with E-state index in [4.69, 9.17) is 5.73 Å². The van der Waals surface area contributed by atoms with Crippen LogP contribution in [0.15, 0.2) is 35.8 Å². The van der Waals surface area contributed by atoms with Gasteiger partial charge < -0.3 is 5.73 Å². The summed E-state index contributed by atoms with van der Waals surface area (Å²) in [4.78, 5) is 24.1. The topological polar surface area (TPSA) is 89.2 Å². The zero-order valence-electron chi connectivity index (χ0n) is 8.61. The molecule has 1 aromatic heterocycles. The van der Waals surface area contributed by atoms with Gasteiger partial charge in [-0.15, -0.1) is 10.2 Å². The number of rotatable bonds is 2. The Morgan fingerprint density at radius 2 is 1.94 bits per heavy atom. The first kappa shape index (κ1) is 11.2. The number of hydrogen-bond donors (Lipinski definition) is 1. The van der Waals surface area contributed by atoms with E-state index in [1.165, 1.54) is 5.51 Å². The van der Waals surface area contributed by atoms with Gasteiger partial charge in [-0.25, -0.2) is 9.69 Å². The van der Waals surface area contributed by atoms with Gasteiger partial charge >= 0.3 is 6.03 Å². The van der Waals surface area contributed by atoms with Crippen LogP contribution in [-0.2, 0) is 0 Å². The van der Waals surface area contributed by atoms with Gasteiger partial charge in [-0.3, -0.25) is 4.79 Å². The van der Waals surface area contributed by atoms with Crippen LogP contribution in [0, 0.1) is 0 Å². The zero-order chi connectivity index (χ0) is 12.3. The van der Waals surface area contributed by atoms with Crippen molar-refractivity contribution in [2.45, 2.75) is 0 Å². The summed E-state index contributed by atoms with van der Waals surface area (Å²) < 4.78 is 0. The number of benzene rings is 1. The highest BCUT2D eigenvalue weighted by molar-refractivity contribution is 7.13. The average molecular weight is 248 g/mol. The normalized spacial score (nSPS) is 9.88. The van der Waals surface area contributed by atoms with E-state index in [1.807, 2.05) is 0 Å². The van der Waals surface area contributed by atoms with E-state index in [9.17, 15) is 9.59 Å². The molecule has 0 fully saturated rings. The molecule has 2 rings (SSSR count). The van der Waals surface area contributed by atoms with Crippen molar-refractivity contribution in [3.05, 3.63) is 41.4 Å². The molecule has 1 heterocycles. The highest BCUT2D eigenvalue weighted by atomic mass is 32.1. The average Bonchev–Trinajstić information content (AvgIpc) is 2.83. The molecule has 0 radical (unpaired) electrons. The van der Waals surface area contributed by atoms with E-state index in [-0.39, 0.29) is 5.13 Å². The number of carbonyl (C=O) groups excluding carboxylic acids is 2. The summed E-state index contributed by atoms with van der Waals surface area (Å²) in [5, 5.41) is 7.38. The molecule has 0 saturated carbocycles. The number of aromatic nitrogens is 2. The van der Waals surface area contributed by atoms with Crippen molar-refractivity contribution in [2.75, 3.05) is 4.90 Å². The van der Waals surface area contributed by atoms with Crippen molar-refractivity contribution < 1.29 is 9.59 Å². The first-order valence-corrected chi connectivity index (χ1v) is 5.53. The number of carbonyl (C=O) groups is 2. The van der Waals surface area contributed by atoms with Crippen LogP contribution < -0.4 is 10.6 Å². The standard InChI is InChI=1S/C10H8N4O2S/c11-9(16)14(10-13-12-6-17-10)8(15)7-4-2-1-3-5-7/h1-6H,(H2,11,16). The molecule has 0 unspecified atom stereocenters. The zero-order valence-corrected chi connectivity index (χ0v) is 9.42. The van der Waals surface area contributed by atoms with Gasteiger partial charge in [-0.2, -0.15) is 0 Å². The van der Waals surface area contributed by atoms with Crippen LogP contribution in [0.2, 0.25) is 0 Å². The fourth-order valence-corrected chi connectivity index (χ4v) is 1.82. The number of urea groups is 1. The molecule has 7 heteroatoms. The summed E-state index contributed by atoms with van der Waals surface area (Å²) >= 11 is 1.06. The van der Waals surface area contributed by atoms with Gasteiger partial charge in [0.2, 0.25) is 5.13 Å². The Morgan fingerprint density at radius 1 is 1.24 bits per heavy atom. The third kappa shape index (κ3) is 2.28. The summed E-state index contributed by atoms with van der Waals surface area (Å²) in [7, 11) is 0. The Balaban J connectivity index is 2.36. The van der Waals surface area contributed by atoms with E-state index in [0.29, 0.717) is 5.56 Å². The van der Waals surface area contributed by atoms with Gasteiger partial charge in [0.1, 0.15) is 5.51 Å². The summed E-state index contributed by atoms with van der Waals surface area (Å²) in [5.74, 6) is -0.519. The van der Waals surface area contributed by atoms with Gasteiger partial charge in [0.15, 0.2) is 0 Å². The lowest BCUT2D eigenvalue weighted by Crippen LogP contribution is -2.40.